The van der Waals surface area contributed by atoms with Crippen molar-refractivity contribution in [3.63, 3.8) is 0 Å². The number of aryl methyl sites for hydroxylation is 1. The fourth-order valence-electron chi connectivity index (χ4n) is 2.47. The number of nitrogens with zero attached hydrogens (tertiary/aromatic N) is 1. The van der Waals surface area contributed by atoms with Crippen LogP contribution in [0, 0.1) is 6.92 Å². The number of carbonyl (C=O) groups excluding carboxylic acids is 2. The molecule has 0 aliphatic carbocycles. The number of rotatable bonds is 8. The lowest BCUT2D eigenvalue weighted by molar-refractivity contribution is -0.119. The van der Waals surface area contributed by atoms with Gasteiger partial charge in [-0.3, -0.25) is 4.79 Å². The van der Waals surface area contributed by atoms with Crippen LogP contribution in [0.25, 0.3) is 0 Å². The summed E-state index contributed by atoms with van der Waals surface area (Å²) in [4.78, 5) is 24.5. The van der Waals surface area contributed by atoms with Gasteiger partial charge in [0.25, 0.3) is 5.91 Å². The van der Waals surface area contributed by atoms with Gasteiger partial charge in [0.2, 0.25) is 0 Å². The first-order chi connectivity index (χ1) is 14.5. The number of anilines is 1. The molecule has 0 aliphatic rings. The molecule has 1 amide bonds. The first-order valence-electron chi connectivity index (χ1n) is 9.11. The largest absolute Gasteiger partial charge is 0.493 e. The predicted molar refractivity (Wildman–Crippen MR) is 118 cm³/mol. The predicted octanol–water partition coefficient (Wildman–Crippen LogP) is 3.85. The summed E-state index contributed by atoms with van der Waals surface area (Å²) in [6.07, 6.45) is 1.48. The smallest absolute Gasteiger partial charge is 0.353 e. The summed E-state index contributed by atoms with van der Waals surface area (Å²) in [6.45, 7) is 2.10. The maximum Gasteiger partial charge on any atom is 0.353 e. The molecule has 0 radical (unpaired) electrons. The third-order valence-electron chi connectivity index (χ3n) is 4.02. The average molecular weight is 423 g/mol. The zero-order valence-electron chi connectivity index (χ0n) is 16.5. The molecule has 2 N–H and O–H groups in total. The Hall–Kier alpha value is -3.65. The first-order valence-corrected chi connectivity index (χ1v) is 9.99. The maximum absolute atomic E-state index is 12.1. The van der Waals surface area contributed by atoms with Crippen molar-refractivity contribution >= 4 is 35.1 Å². The van der Waals surface area contributed by atoms with Crippen LogP contribution in [0.2, 0.25) is 0 Å². The number of methoxy groups -OCH3 is 1. The van der Waals surface area contributed by atoms with E-state index in [9.17, 15) is 9.59 Å². The van der Waals surface area contributed by atoms with Crippen LogP contribution in [0.3, 0.4) is 0 Å². The summed E-state index contributed by atoms with van der Waals surface area (Å²) in [5.74, 6) is -0.0334. The Morgan fingerprint density at radius 1 is 1.10 bits per heavy atom. The Balaban J connectivity index is 1.54. The standard InChI is InChI=1S/C22H21N3O4S/c1-15-5-8-17(9-6-15)23-14-21(26)25-24-13-16-7-10-18(19(12-16)28-2)29-22(27)20-4-3-11-30-20/h3-13,23H,14H2,1-2H3,(H,25,26). The van der Waals surface area contributed by atoms with E-state index in [0.717, 1.165) is 11.3 Å². The van der Waals surface area contributed by atoms with Gasteiger partial charge in [0.1, 0.15) is 4.88 Å². The van der Waals surface area contributed by atoms with Crippen LogP contribution >= 0.6 is 11.3 Å². The van der Waals surface area contributed by atoms with Crippen molar-refractivity contribution < 1.29 is 19.1 Å². The molecule has 3 aromatic rings. The molecule has 1 heterocycles. The van der Waals surface area contributed by atoms with E-state index in [0.29, 0.717) is 21.9 Å². The molecule has 154 valence electrons. The van der Waals surface area contributed by atoms with Crippen molar-refractivity contribution in [3.05, 3.63) is 76.0 Å². The average Bonchev–Trinajstić information content (AvgIpc) is 3.29. The van der Waals surface area contributed by atoms with Crippen molar-refractivity contribution in [1.82, 2.24) is 5.43 Å². The molecular weight excluding hydrogens is 402 g/mol. The van der Waals surface area contributed by atoms with Gasteiger partial charge in [0.05, 0.1) is 19.9 Å². The van der Waals surface area contributed by atoms with Crippen LogP contribution in [0.15, 0.2) is 65.1 Å². The molecule has 0 unspecified atom stereocenters. The van der Waals surface area contributed by atoms with Crippen molar-refractivity contribution in [2.45, 2.75) is 6.92 Å². The summed E-state index contributed by atoms with van der Waals surface area (Å²) in [5.41, 5.74) is 5.14. The quantitative estimate of drug-likeness (QED) is 0.249. The number of esters is 1. The van der Waals surface area contributed by atoms with Crippen LogP contribution in [0.5, 0.6) is 11.5 Å². The van der Waals surface area contributed by atoms with Gasteiger partial charge in [-0.15, -0.1) is 11.3 Å². The summed E-state index contributed by atoms with van der Waals surface area (Å²) in [7, 11) is 1.48. The molecule has 8 heteroatoms. The second kappa shape index (κ2) is 10.2. The number of hydrogen-bond donors (Lipinski definition) is 2. The van der Waals surface area contributed by atoms with Crippen molar-refractivity contribution in [2.24, 2.45) is 5.10 Å². The molecule has 0 aliphatic heterocycles. The lowest BCUT2D eigenvalue weighted by Crippen LogP contribution is -2.25. The SMILES string of the molecule is COc1cc(C=NNC(=O)CNc2ccc(C)cc2)ccc1OC(=O)c1cccs1. The molecule has 0 spiro atoms. The van der Waals surface area contributed by atoms with Gasteiger partial charge in [-0.05, 0) is 54.3 Å². The second-order valence-electron chi connectivity index (χ2n) is 6.29. The molecule has 0 fully saturated rings. The topological polar surface area (TPSA) is 89.0 Å². The summed E-state index contributed by atoms with van der Waals surface area (Å²) in [5, 5.41) is 8.77. The molecule has 7 nitrogen and oxygen atoms in total. The summed E-state index contributed by atoms with van der Waals surface area (Å²) >= 11 is 1.30. The fraction of sp³-hybridized carbons (Fsp3) is 0.136. The van der Waals surface area contributed by atoms with Crippen LogP contribution in [-0.2, 0) is 4.79 Å². The van der Waals surface area contributed by atoms with Crippen molar-refractivity contribution in [2.75, 3.05) is 19.0 Å². The summed E-state index contributed by atoms with van der Waals surface area (Å²) < 4.78 is 10.7. The van der Waals surface area contributed by atoms with Gasteiger partial charge in [-0.2, -0.15) is 5.10 Å². The number of benzene rings is 2. The van der Waals surface area contributed by atoms with Crippen LogP contribution in [0.4, 0.5) is 5.69 Å². The molecular formula is C22H21N3O4S. The molecule has 30 heavy (non-hydrogen) atoms. The van der Waals surface area contributed by atoms with E-state index in [1.165, 1.54) is 24.7 Å². The van der Waals surface area contributed by atoms with Gasteiger partial charge >= 0.3 is 5.97 Å². The van der Waals surface area contributed by atoms with Crippen LogP contribution < -0.4 is 20.2 Å². The molecule has 1 aromatic heterocycles. The monoisotopic (exact) mass is 423 g/mol. The fourth-order valence-corrected chi connectivity index (χ4v) is 3.06. The zero-order valence-corrected chi connectivity index (χ0v) is 17.4. The van der Waals surface area contributed by atoms with E-state index < -0.39 is 5.97 Å². The van der Waals surface area contributed by atoms with Crippen molar-refractivity contribution in [1.29, 1.82) is 0 Å². The molecule has 0 saturated carbocycles. The number of thiophene rings is 1. The highest BCUT2D eigenvalue weighted by atomic mass is 32.1. The second-order valence-corrected chi connectivity index (χ2v) is 7.24. The van der Waals surface area contributed by atoms with Gasteiger partial charge in [0.15, 0.2) is 11.5 Å². The normalized spacial score (nSPS) is 10.6. The van der Waals surface area contributed by atoms with Crippen LogP contribution in [-0.4, -0.2) is 31.7 Å². The number of hydrogen-bond acceptors (Lipinski definition) is 7. The van der Waals surface area contributed by atoms with E-state index >= 15 is 0 Å². The van der Waals surface area contributed by atoms with E-state index in [4.69, 9.17) is 9.47 Å². The number of nitrogens with one attached hydrogen (secondary N) is 2. The van der Waals surface area contributed by atoms with Gasteiger partial charge in [0, 0.05) is 5.69 Å². The molecule has 0 saturated heterocycles. The minimum atomic E-state index is -0.446. The minimum Gasteiger partial charge on any atom is -0.493 e. The Bertz CT molecular complexity index is 1030. The number of carbonyl (C=O) groups is 2. The van der Waals surface area contributed by atoms with Gasteiger partial charge in [-0.25, -0.2) is 10.2 Å². The minimum absolute atomic E-state index is 0.0985. The Morgan fingerprint density at radius 3 is 2.60 bits per heavy atom. The number of amides is 1. The highest BCUT2D eigenvalue weighted by Gasteiger charge is 2.13. The zero-order chi connectivity index (χ0) is 21.3. The van der Waals surface area contributed by atoms with Gasteiger partial charge < -0.3 is 14.8 Å². The molecule has 2 aromatic carbocycles. The molecule has 0 bridgehead atoms. The van der Waals surface area contributed by atoms with E-state index in [2.05, 4.69) is 15.8 Å². The molecule has 3 rings (SSSR count). The van der Waals surface area contributed by atoms with E-state index in [-0.39, 0.29) is 12.5 Å². The van der Waals surface area contributed by atoms with E-state index in [1.54, 1.807) is 35.7 Å². The third kappa shape index (κ3) is 5.92. The summed E-state index contributed by atoms with van der Waals surface area (Å²) in [6, 6.07) is 16.2. The lowest BCUT2D eigenvalue weighted by atomic mass is 10.2. The van der Waals surface area contributed by atoms with Crippen LogP contribution in [0.1, 0.15) is 20.8 Å². The first kappa shape index (κ1) is 21.1. The Kier molecular flexibility index (Phi) is 7.18. The number of ether oxygens (including phenoxy) is 2. The lowest BCUT2D eigenvalue weighted by Gasteiger charge is -2.09. The Labute approximate surface area is 178 Å². The third-order valence-corrected chi connectivity index (χ3v) is 4.87. The highest BCUT2D eigenvalue weighted by molar-refractivity contribution is 7.12. The highest BCUT2D eigenvalue weighted by Crippen LogP contribution is 2.28. The van der Waals surface area contributed by atoms with Crippen molar-refractivity contribution in [3.8, 4) is 11.5 Å². The molecule has 0 atom stereocenters. The number of hydrazone groups is 1. The maximum atomic E-state index is 12.1. The Morgan fingerprint density at radius 2 is 1.90 bits per heavy atom. The van der Waals surface area contributed by atoms with E-state index in [1.807, 2.05) is 31.2 Å². The van der Waals surface area contributed by atoms with Gasteiger partial charge in [-0.1, -0.05) is 23.8 Å².